The first-order chi connectivity index (χ1) is 25.4. The predicted molar refractivity (Wildman–Crippen MR) is 202 cm³/mol. The van der Waals surface area contributed by atoms with Gasteiger partial charge in [0.05, 0.1) is 53.7 Å². The highest BCUT2D eigenvalue weighted by molar-refractivity contribution is 5.83. The van der Waals surface area contributed by atoms with E-state index in [4.69, 9.17) is 38.4 Å². The smallest absolute Gasteiger partial charge is 0.311 e. The zero-order valence-electron chi connectivity index (χ0n) is 35.8. The van der Waals surface area contributed by atoms with Gasteiger partial charge in [-0.1, -0.05) is 27.7 Å². The number of carbonyl (C=O) groups excluding carboxylic acids is 2. The minimum atomic E-state index is -1.96. The van der Waals surface area contributed by atoms with E-state index in [0.29, 0.717) is 6.42 Å². The summed E-state index contributed by atoms with van der Waals surface area (Å²) < 4.78 is 43.9. The zero-order chi connectivity index (χ0) is 42.4. The molecule has 4 N–H and O–H groups in total. The number of esters is 1. The Hall–Kier alpha value is -1.81. The third-order valence-corrected chi connectivity index (χ3v) is 12.3. The molecule has 0 aromatic heterocycles. The maximum Gasteiger partial charge on any atom is 0.311 e. The van der Waals surface area contributed by atoms with Gasteiger partial charge in [0.2, 0.25) is 0 Å². The fourth-order valence-electron chi connectivity index (χ4n) is 8.58. The summed E-state index contributed by atoms with van der Waals surface area (Å²) in [6.45, 7) is 18.5. The van der Waals surface area contributed by atoms with E-state index < -0.39 is 102 Å². The molecule has 3 fully saturated rings. The first-order valence-electron chi connectivity index (χ1n) is 19.6. The van der Waals surface area contributed by atoms with Crippen molar-refractivity contribution < 1.29 is 63.2 Å². The lowest BCUT2D eigenvalue weighted by atomic mass is 9.74. The van der Waals surface area contributed by atoms with Gasteiger partial charge in [-0.2, -0.15) is 5.26 Å². The number of aliphatic hydroxyl groups is 4. The normalized spacial score (nSPS) is 46.5. The van der Waals surface area contributed by atoms with E-state index in [1.807, 2.05) is 32.8 Å². The van der Waals surface area contributed by atoms with Crippen molar-refractivity contribution in [3.05, 3.63) is 0 Å². The first-order valence-corrected chi connectivity index (χ1v) is 19.6. The molecule has 0 spiro atoms. The van der Waals surface area contributed by atoms with Gasteiger partial charge in [0.1, 0.15) is 29.7 Å². The molecule has 15 nitrogen and oxygen atoms in total. The third kappa shape index (κ3) is 11.2. The number of likely N-dealkylation sites (N-methyl/N-ethyl adjacent to an activating group) is 1. The van der Waals surface area contributed by atoms with Crippen LogP contribution >= 0.6 is 0 Å². The number of carbonyl (C=O) groups is 2. The summed E-state index contributed by atoms with van der Waals surface area (Å²) in [6.07, 6.45) is -8.73. The van der Waals surface area contributed by atoms with E-state index in [0.717, 1.165) is 0 Å². The lowest BCUT2D eigenvalue weighted by Crippen LogP contribution is -2.61. The molecule has 1 unspecified atom stereocenters. The third-order valence-electron chi connectivity index (χ3n) is 12.3. The molecule has 0 aliphatic carbocycles. The molecule has 3 rings (SSSR count). The second kappa shape index (κ2) is 20.2. The number of nitrogens with zero attached hydrogens (tertiary/aromatic N) is 2. The molecule has 0 amide bonds. The van der Waals surface area contributed by atoms with Crippen molar-refractivity contribution >= 4 is 11.8 Å². The Balaban J connectivity index is 0.00000337. The molecule has 55 heavy (non-hydrogen) atoms. The van der Waals surface area contributed by atoms with Gasteiger partial charge < -0.3 is 58.5 Å². The second-order valence-corrected chi connectivity index (χ2v) is 16.9. The van der Waals surface area contributed by atoms with Crippen LogP contribution in [0.2, 0.25) is 0 Å². The molecule has 15 heteroatoms. The molecule has 18 atom stereocenters. The number of Topliss-reactive ketones (excluding diaryl/α,β-unsaturated/α-hetero) is 1. The average molecular weight is 789 g/mol. The number of nitriles is 1. The molecule has 0 radical (unpaired) electrons. The molecular weight excluding hydrogens is 716 g/mol. The highest BCUT2D eigenvalue weighted by Crippen LogP contribution is 2.41. The number of ketones is 1. The van der Waals surface area contributed by atoms with E-state index in [1.54, 1.807) is 54.5 Å². The molecule has 3 saturated heterocycles. The van der Waals surface area contributed by atoms with Crippen LogP contribution in [0.25, 0.3) is 0 Å². The van der Waals surface area contributed by atoms with Crippen molar-refractivity contribution in [3.8, 4) is 6.07 Å². The number of ether oxygens (including phenoxy) is 7. The maximum absolute atomic E-state index is 14.2. The molecule has 0 aromatic carbocycles. The van der Waals surface area contributed by atoms with Crippen molar-refractivity contribution in [3.63, 3.8) is 0 Å². The van der Waals surface area contributed by atoms with Crippen LogP contribution < -0.4 is 0 Å². The summed E-state index contributed by atoms with van der Waals surface area (Å²) in [7, 11) is 6.77. The van der Waals surface area contributed by atoms with Gasteiger partial charge in [0.25, 0.3) is 0 Å². The molecular formula is C40H72N2O13. The molecule has 3 heterocycles. The molecule has 3 aliphatic heterocycles. The van der Waals surface area contributed by atoms with Crippen LogP contribution in [-0.4, -0.2) is 150 Å². The van der Waals surface area contributed by atoms with Crippen molar-refractivity contribution in [2.45, 2.75) is 186 Å². The largest absolute Gasteiger partial charge is 0.459 e. The quantitative estimate of drug-likeness (QED) is 0.261. The van der Waals surface area contributed by atoms with E-state index >= 15 is 0 Å². The maximum atomic E-state index is 14.2. The number of hydrogen-bond donors (Lipinski definition) is 4. The summed E-state index contributed by atoms with van der Waals surface area (Å²) in [4.78, 5) is 30.1. The van der Waals surface area contributed by atoms with Gasteiger partial charge in [0, 0.05) is 51.4 Å². The standard InChI is InChI=1S/C38H69NO13.C2H3N/c1-15-26-38(10,45)31(42)21(4)28(40)19(2)17-37(9,47-14)33(52-35-29(41)25(39(11)12)16-20(3)48-35)22(5)30(23(6)34(44)50-26)51-27-18-36(8,46-13)32(43)24(7)49-27;1-2-3/h19-27,29-33,35,41-43,45H,15-18H2,1-14H3;1H3/t19-,20-,21+,22?,23-,24+,25+,26-,27+,29-,30+,31-,32+,33-,35+,36-,37-,38-;/m1./s1. The SMILES string of the molecule is CC#N.CC[C@H]1OC(=O)[C@H](C)[C@@H](O[C@H]2C[C@@](C)(OC)[C@@H](O)[C@H](C)O2)C(C)[C@@H](O[C@@H]2O[C@H](C)C[C@H](N(C)C)[C@H]2O)[C@](C)(OC)C[C@@H](C)C(=O)[C@H](C)[C@@H](O)[C@]1(C)O. The Labute approximate surface area is 328 Å². The molecule has 3 aliphatic rings. The van der Waals surface area contributed by atoms with Gasteiger partial charge >= 0.3 is 5.97 Å². The van der Waals surface area contributed by atoms with Crippen LogP contribution in [0.3, 0.4) is 0 Å². The van der Waals surface area contributed by atoms with Crippen LogP contribution in [0.5, 0.6) is 0 Å². The summed E-state index contributed by atoms with van der Waals surface area (Å²) in [5, 5.41) is 52.9. The molecule has 0 bridgehead atoms. The van der Waals surface area contributed by atoms with Crippen molar-refractivity contribution in [2.75, 3.05) is 28.3 Å². The minimum Gasteiger partial charge on any atom is -0.459 e. The number of rotatable bonds is 8. The van der Waals surface area contributed by atoms with Gasteiger partial charge in [-0.15, -0.1) is 0 Å². The zero-order valence-corrected chi connectivity index (χ0v) is 35.8. The van der Waals surface area contributed by atoms with Gasteiger partial charge in [-0.3, -0.25) is 9.59 Å². The molecule has 0 aromatic rings. The highest BCUT2D eigenvalue weighted by atomic mass is 16.7. The minimum absolute atomic E-state index is 0.111. The number of aliphatic hydroxyl groups excluding tert-OH is 3. The number of methoxy groups -OCH3 is 2. The lowest BCUT2D eigenvalue weighted by Gasteiger charge is -2.50. The van der Waals surface area contributed by atoms with Crippen molar-refractivity contribution in [1.82, 2.24) is 4.90 Å². The summed E-state index contributed by atoms with van der Waals surface area (Å²) in [5.74, 6) is -4.47. The number of hydrogen-bond acceptors (Lipinski definition) is 15. The van der Waals surface area contributed by atoms with Crippen LogP contribution in [0.15, 0.2) is 0 Å². The fraction of sp³-hybridized carbons (Fsp3) is 0.925. The average Bonchev–Trinajstić information content (AvgIpc) is 3.12. The lowest BCUT2D eigenvalue weighted by molar-refractivity contribution is -0.319. The van der Waals surface area contributed by atoms with Crippen LogP contribution in [0.1, 0.15) is 102 Å². The Morgan fingerprint density at radius 3 is 1.96 bits per heavy atom. The molecule has 320 valence electrons. The van der Waals surface area contributed by atoms with Crippen molar-refractivity contribution in [1.29, 1.82) is 5.26 Å². The van der Waals surface area contributed by atoms with Crippen molar-refractivity contribution in [2.24, 2.45) is 23.7 Å². The summed E-state index contributed by atoms with van der Waals surface area (Å²) in [6, 6.07) is 1.47. The summed E-state index contributed by atoms with van der Waals surface area (Å²) in [5.41, 5.74) is -4.24. The fourth-order valence-corrected chi connectivity index (χ4v) is 8.58. The Morgan fingerprint density at radius 2 is 1.45 bits per heavy atom. The van der Waals surface area contributed by atoms with Gasteiger partial charge in [-0.05, 0) is 74.9 Å². The van der Waals surface area contributed by atoms with Crippen LogP contribution in [-0.2, 0) is 42.7 Å². The molecule has 0 saturated carbocycles. The topological polar surface area (TPSA) is 207 Å². The highest BCUT2D eigenvalue weighted by Gasteiger charge is 2.54. The Morgan fingerprint density at radius 1 is 0.891 bits per heavy atom. The van der Waals surface area contributed by atoms with E-state index in [9.17, 15) is 30.0 Å². The Bertz CT molecular complexity index is 1280. The monoisotopic (exact) mass is 789 g/mol. The predicted octanol–water partition coefficient (Wildman–Crippen LogP) is 2.97. The van der Waals surface area contributed by atoms with E-state index in [1.165, 1.54) is 28.1 Å². The van der Waals surface area contributed by atoms with Crippen LogP contribution in [0.4, 0.5) is 0 Å². The first kappa shape index (κ1) is 49.3. The summed E-state index contributed by atoms with van der Waals surface area (Å²) >= 11 is 0. The van der Waals surface area contributed by atoms with Crippen LogP contribution in [0, 0.1) is 35.0 Å². The Kier molecular flexibility index (Phi) is 18.2. The second-order valence-electron chi connectivity index (χ2n) is 16.9. The van der Waals surface area contributed by atoms with E-state index in [-0.39, 0.29) is 37.2 Å². The van der Waals surface area contributed by atoms with Gasteiger partial charge in [-0.25, -0.2) is 0 Å². The van der Waals surface area contributed by atoms with E-state index in [2.05, 4.69) is 0 Å². The number of cyclic esters (lactones) is 1. The van der Waals surface area contributed by atoms with Gasteiger partial charge in [0.15, 0.2) is 12.6 Å².